The average Bonchev–Trinajstić information content (AvgIpc) is 3.14. The van der Waals surface area contributed by atoms with E-state index in [0.29, 0.717) is 16.6 Å². The SMILES string of the molecule is CNC(=O)c1cc(NC(C)C2CC2)ccc1Cl. The Morgan fingerprint density at radius 2 is 2.18 bits per heavy atom. The van der Waals surface area contributed by atoms with Crippen molar-refractivity contribution in [2.75, 3.05) is 12.4 Å². The Hall–Kier alpha value is -1.22. The van der Waals surface area contributed by atoms with Crippen molar-refractivity contribution in [1.29, 1.82) is 0 Å². The van der Waals surface area contributed by atoms with Crippen molar-refractivity contribution in [3.8, 4) is 0 Å². The Morgan fingerprint density at radius 3 is 2.76 bits per heavy atom. The summed E-state index contributed by atoms with van der Waals surface area (Å²) in [6.45, 7) is 2.17. The van der Waals surface area contributed by atoms with Crippen LogP contribution in [0.4, 0.5) is 5.69 Å². The summed E-state index contributed by atoms with van der Waals surface area (Å²) in [5.41, 5.74) is 1.47. The molecule has 17 heavy (non-hydrogen) atoms. The van der Waals surface area contributed by atoms with Gasteiger partial charge in [0, 0.05) is 18.8 Å². The van der Waals surface area contributed by atoms with Gasteiger partial charge in [0.2, 0.25) is 0 Å². The van der Waals surface area contributed by atoms with Crippen LogP contribution in [-0.4, -0.2) is 19.0 Å². The molecule has 0 heterocycles. The number of nitrogens with one attached hydrogen (secondary N) is 2. The van der Waals surface area contributed by atoms with E-state index in [1.165, 1.54) is 12.8 Å². The predicted molar refractivity (Wildman–Crippen MR) is 70.7 cm³/mol. The van der Waals surface area contributed by atoms with Gasteiger partial charge in [-0.25, -0.2) is 0 Å². The summed E-state index contributed by atoms with van der Waals surface area (Å²) >= 11 is 5.99. The molecule has 0 spiro atoms. The van der Waals surface area contributed by atoms with Crippen LogP contribution in [0.3, 0.4) is 0 Å². The highest BCUT2D eigenvalue weighted by Gasteiger charge is 2.27. The molecule has 0 aliphatic heterocycles. The minimum Gasteiger partial charge on any atom is -0.382 e. The summed E-state index contributed by atoms with van der Waals surface area (Å²) in [7, 11) is 1.60. The molecule has 0 aromatic heterocycles. The molecule has 2 rings (SSSR count). The first-order valence-electron chi connectivity index (χ1n) is 5.90. The molecule has 1 fully saturated rings. The highest BCUT2D eigenvalue weighted by Crippen LogP contribution is 2.34. The topological polar surface area (TPSA) is 41.1 Å². The van der Waals surface area contributed by atoms with Crippen LogP contribution in [0.5, 0.6) is 0 Å². The lowest BCUT2D eigenvalue weighted by Crippen LogP contribution is -2.20. The molecule has 3 nitrogen and oxygen atoms in total. The lowest BCUT2D eigenvalue weighted by Gasteiger charge is -2.15. The van der Waals surface area contributed by atoms with Gasteiger partial charge in [0.15, 0.2) is 0 Å². The van der Waals surface area contributed by atoms with Gasteiger partial charge in [0.25, 0.3) is 5.91 Å². The van der Waals surface area contributed by atoms with E-state index in [2.05, 4.69) is 17.6 Å². The van der Waals surface area contributed by atoms with Crippen LogP contribution < -0.4 is 10.6 Å². The number of halogens is 1. The zero-order valence-corrected chi connectivity index (χ0v) is 10.8. The number of amides is 1. The Morgan fingerprint density at radius 1 is 1.47 bits per heavy atom. The maximum atomic E-state index is 11.6. The number of anilines is 1. The molecular formula is C13H17ClN2O. The van der Waals surface area contributed by atoms with Gasteiger partial charge >= 0.3 is 0 Å². The summed E-state index contributed by atoms with van der Waals surface area (Å²) in [6, 6.07) is 5.93. The highest BCUT2D eigenvalue weighted by molar-refractivity contribution is 6.34. The van der Waals surface area contributed by atoms with Gasteiger partial charge in [-0.15, -0.1) is 0 Å². The molecule has 1 aliphatic rings. The molecular weight excluding hydrogens is 236 g/mol. The Balaban J connectivity index is 2.15. The van der Waals surface area contributed by atoms with Gasteiger partial charge in [-0.3, -0.25) is 4.79 Å². The number of hydrogen-bond acceptors (Lipinski definition) is 2. The minimum atomic E-state index is -0.155. The first-order chi connectivity index (χ1) is 8.11. The molecule has 0 saturated heterocycles. The van der Waals surface area contributed by atoms with Gasteiger partial charge in [-0.2, -0.15) is 0 Å². The van der Waals surface area contributed by atoms with Gasteiger partial charge in [0.1, 0.15) is 0 Å². The third-order valence-electron chi connectivity index (χ3n) is 3.16. The van der Waals surface area contributed by atoms with Gasteiger partial charge in [0.05, 0.1) is 10.6 Å². The van der Waals surface area contributed by atoms with E-state index >= 15 is 0 Å². The number of carbonyl (C=O) groups excluding carboxylic acids is 1. The Labute approximate surface area is 107 Å². The molecule has 2 N–H and O–H groups in total. The molecule has 1 atom stereocenters. The van der Waals surface area contributed by atoms with E-state index in [1.54, 1.807) is 19.2 Å². The molecule has 1 aromatic rings. The molecule has 0 bridgehead atoms. The standard InChI is InChI=1S/C13H17ClN2O/c1-8(9-3-4-9)16-10-5-6-12(14)11(7-10)13(17)15-2/h5-9,16H,3-4H2,1-2H3,(H,15,17). The number of hydrogen-bond donors (Lipinski definition) is 2. The molecule has 1 saturated carbocycles. The van der Waals surface area contributed by atoms with Crippen molar-refractivity contribution in [1.82, 2.24) is 5.32 Å². The minimum absolute atomic E-state index is 0.155. The fourth-order valence-corrected chi connectivity index (χ4v) is 2.10. The van der Waals surface area contributed by atoms with Crippen molar-refractivity contribution >= 4 is 23.2 Å². The van der Waals surface area contributed by atoms with Crippen LogP contribution in [-0.2, 0) is 0 Å². The Bertz CT molecular complexity index is 429. The van der Waals surface area contributed by atoms with Crippen LogP contribution >= 0.6 is 11.6 Å². The van der Waals surface area contributed by atoms with Crippen molar-refractivity contribution in [2.45, 2.75) is 25.8 Å². The predicted octanol–water partition coefficient (Wildman–Crippen LogP) is 2.91. The van der Waals surface area contributed by atoms with Gasteiger partial charge in [-0.1, -0.05) is 11.6 Å². The van der Waals surface area contributed by atoms with E-state index in [1.807, 2.05) is 6.07 Å². The zero-order chi connectivity index (χ0) is 12.4. The maximum absolute atomic E-state index is 11.6. The molecule has 4 heteroatoms. The first-order valence-corrected chi connectivity index (χ1v) is 6.27. The van der Waals surface area contributed by atoms with E-state index in [-0.39, 0.29) is 5.91 Å². The third kappa shape index (κ3) is 2.91. The zero-order valence-electron chi connectivity index (χ0n) is 10.1. The second kappa shape index (κ2) is 4.96. The summed E-state index contributed by atoms with van der Waals surface area (Å²) in [5.74, 6) is 0.617. The van der Waals surface area contributed by atoms with Crippen LogP contribution in [0.25, 0.3) is 0 Å². The fourth-order valence-electron chi connectivity index (χ4n) is 1.90. The van der Waals surface area contributed by atoms with Gasteiger partial charge < -0.3 is 10.6 Å². The van der Waals surface area contributed by atoms with Crippen LogP contribution in [0.15, 0.2) is 18.2 Å². The average molecular weight is 253 g/mol. The van der Waals surface area contributed by atoms with Gasteiger partial charge in [-0.05, 0) is 43.9 Å². The smallest absolute Gasteiger partial charge is 0.252 e. The number of benzene rings is 1. The second-order valence-corrected chi connectivity index (χ2v) is 4.95. The van der Waals surface area contributed by atoms with E-state index in [4.69, 9.17) is 11.6 Å². The molecule has 0 radical (unpaired) electrons. The fraction of sp³-hybridized carbons (Fsp3) is 0.462. The second-order valence-electron chi connectivity index (χ2n) is 4.54. The normalized spacial score (nSPS) is 16.4. The lowest BCUT2D eigenvalue weighted by molar-refractivity contribution is 0.0963. The third-order valence-corrected chi connectivity index (χ3v) is 3.49. The lowest BCUT2D eigenvalue weighted by atomic mass is 10.1. The number of carbonyl (C=O) groups is 1. The Kier molecular flexibility index (Phi) is 3.57. The first kappa shape index (κ1) is 12.2. The van der Waals surface area contributed by atoms with Crippen LogP contribution in [0, 0.1) is 5.92 Å². The van der Waals surface area contributed by atoms with E-state index in [9.17, 15) is 4.79 Å². The van der Waals surface area contributed by atoms with E-state index in [0.717, 1.165) is 11.6 Å². The van der Waals surface area contributed by atoms with E-state index < -0.39 is 0 Å². The van der Waals surface area contributed by atoms with Crippen molar-refractivity contribution < 1.29 is 4.79 Å². The molecule has 1 aromatic carbocycles. The monoisotopic (exact) mass is 252 g/mol. The van der Waals surface area contributed by atoms with Crippen molar-refractivity contribution in [3.63, 3.8) is 0 Å². The van der Waals surface area contributed by atoms with Crippen molar-refractivity contribution in [3.05, 3.63) is 28.8 Å². The van der Waals surface area contributed by atoms with Crippen LogP contribution in [0.1, 0.15) is 30.1 Å². The largest absolute Gasteiger partial charge is 0.382 e. The summed E-state index contributed by atoms with van der Waals surface area (Å²) in [4.78, 5) is 11.6. The summed E-state index contributed by atoms with van der Waals surface area (Å²) < 4.78 is 0. The quantitative estimate of drug-likeness (QED) is 0.865. The molecule has 1 aliphatic carbocycles. The maximum Gasteiger partial charge on any atom is 0.252 e. The number of rotatable bonds is 4. The highest BCUT2D eigenvalue weighted by atomic mass is 35.5. The van der Waals surface area contributed by atoms with Crippen LogP contribution in [0.2, 0.25) is 5.02 Å². The summed E-state index contributed by atoms with van der Waals surface area (Å²) in [6.07, 6.45) is 2.59. The molecule has 1 unspecified atom stereocenters. The molecule has 92 valence electrons. The molecule has 1 amide bonds. The summed E-state index contributed by atoms with van der Waals surface area (Å²) in [5, 5.41) is 6.48. The van der Waals surface area contributed by atoms with Crippen molar-refractivity contribution in [2.24, 2.45) is 5.92 Å².